The standard InChI is InChI=1S/C31H28N6.BrH/c1-2-10-25-24(9-1)33-29(34-25)20-37(28-13-5-7-22-8-6-18-32-30(22)28)19-21-14-16-23(17-15-21)31-35-26-11-3-4-12-27(26)36-31;/h1-4,6,8-12,14-18,28H,5,7,13,19-20H2,(H,33,34)(H,35,36);1H. The lowest BCUT2D eigenvalue weighted by molar-refractivity contribution is 0.153. The SMILES string of the molecule is Br.c1cnc2c(c1)CCCC2N(Cc1ccc(-c2nc3ccccc3[nH]2)cc1)Cc1nc2ccccc2[nH]1. The summed E-state index contributed by atoms with van der Waals surface area (Å²) in [6.07, 6.45) is 5.30. The fourth-order valence-corrected chi connectivity index (χ4v) is 5.58. The number of H-pyrrole nitrogens is 2. The Hall–Kier alpha value is -3.81. The van der Waals surface area contributed by atoms with E-state index in [2.05, 4.69) is 69.5 Å². The van der Waals surface area contributed by atoms with E-state index < -0.39 is 0 Å². The van der Waals surface area contributed by atoms with Gasteiger partial charge in [-0.25, -0.2) is 9.97 Å². The van der Waals surface area contributed by atoms with Crippen molar-refractivity contribution in [2.45, 2.75) is 38.4 Å². The van der Waals surface area contributed by atoms with Crippen molar-refractivity contribution in [3.63, 3.8) is 0 Å². The second-order valence-electron chi connectivity index (χ2n) is 9.86. The average molecular weight is 566 g/mol. The Morgan fingerprint density at radius 3 is 2.26 bits per heavy atom. The molecule has 7 rings (SSSR count). The molecule has 0 bridgehead atoms. The minimum absolute atomic E-state index is 0. The van der Waals surface area contributed by atoms with E-state index in [1.807, 2.05) is 36.5 Å². The van der Waals surface area contributed by atoms with E-state index in [-0.39, 0.29) is 23.0 Å². The lowest BCUT2D eigenvalue weighted by atomic mass is 9.90. The van der Waals surface area contributed by atoms with Crippen LogP contribution in [0.3, 0.4) is 0 Å². The van der Waals surface area contributed by atoms with Crippen LogP contribution in [0.1, 0.15) is 41.5 Å². The molecule has 0 spiro atoms. The number of imidazole rings is 2. The number of rotatable bonds is 6. The first-order valence-electron chi connectivity index (χ1n) is 13.0. The summed E-state index contributed by atoms with van der Waals surface area (Å²) in [5.74, 6) is 1.89. The quantitative estimate of drug-likeness (QED) is 0.225. The summed E-state index contributed by atoms with van der Waals surface area (Å²) in [6, 6.07) is 29.7. The smallest absolute Gasteiger partial charge is 0.138 e. The molecule has 1 aliphatic carbocycles. The second kappa shape index (κ2) is 10.5. The topological polar surface area (TPSA) is 73.5 Å². The van der Waals surface area contributed by atoms with Gasteiger partial charge in [-0.05, 0) is 60.7 Å². The molecule has 0 saturated carbocycles. The van der Waals surface area contributed by atoms with Gasteiger partial charge in [-0.1, -0.05) is 54.6 Å². The average Bonchev–Trinajstić information content (AvgIpc) is 3.57. The van der Waals surface area contributed by atoms with Gasteiger partial charge in [0.25, 0.3) is 0 Å². The molecule has 1 atom stereocenters. The van der Waals surface area contributed by atoms with E-state index in [1.165, 1.54) is 23.2 Å². The van der Waals surface area contributed by atoms with Gasteiger partial charge in [0.15, 0.2) is 0 Å². The molecule has 6 aromatic rings. The van der Waals surface area contributed by atoms with Crippen molar-refractivity contribution in [3.8, 4) is 11.4 Å². The molecule has 0 saturated heterocycles. The first-order chi connectivity index (χ1) is 18.3. The van der Waals surface area contributed by atoms with Gasteiger partial charge >= 0.3 is 0 Å². The third-order valence-corrected chi connectivity index (χ3v) is 7.40. The largest absolute Gasteiger partial charge is 0.341 e. The van der Waals surface area contributed by atoms with Crippen molar-refractivity contribution in [3.05, 3.63) is 114 Å². The number of para-hydroxylation sites is 4. The number of nitrogens with zero attached hydrogens (tertiary/aromatic N) is 4. The third kappa shape index (κ3) is 4.75. The molecular weight excluding hydrogens is 536 g/mol. The number of benzene rings is 3. The van der Waals surface area contributed by atoms with Crippen LogP contribution in [0.15, 0.2) is 91.1 Å². The fraction of sp³-hybridized carbons (Fsp3) is 0.194. The molecule has 7 heteroatoms. The highest BCUT2D eigenvalue weighted by Crippen LogP contribution is 2.35. The third-order valence-electron chi connectivity index (χ3n) is 7.40. The number of aromatic nitrogens is 5. The zero-order chi connectivity index (χ0) is 24.6. The highest BCUT2D eigenvalue weighted by molar-refractivity contribution is 8.93. The Morgan fingerprint density at radius 2 is 1.50 bits per heavy atom. The zero-order valence-electron chi connectivity index (χ0n) is 21.0. The molecule has 1 unspecified atom stereocenters. The minimum atomic E-state index is 0. The number of nitrogens with one attached hydrogen (secondary N) is 2. The Morgan fingerprint density at radius 1 is 0.763 bits per heavy atom. The number of aromatic amines is 2. The Balaban J connectivity index is 0.00000264. The molecule has 0 radical (unpaired) electrons. The van der Waals surface area contributed by atoms with Gasteiger partial charge < -0.3 is 9.97 Å². The van der Waals surface area contributed by atoms with Crippen LogP contribution in [0.2, 0.25) is 0 Å². The number of aryl methyl sites for hydroxylation is 1. The van der Waals surface area contributed by atoms with Gasteiger partial charge in [0, 0.05) is 18.3 Å². The van der Waals surface area contributed by atoms with Crippen LogP contribution >= 0.6 is 17.0 Å². The predicted molar refractivity (Wildman–Crippen MR) is 157 cm³/mol. The number of hydrogen-bond acceptors (Lipinski definition) is 4. The summed E-state index contributed by atoms with van der Waals surface area (Å²) >= 11 is 0. The van der Waals surface area contributed by atoms with Gasteiger partial charge in [0.05, 0.1) is 40.3 Å². The molecule has 6 nitrogen and oxygen atoms in total. The van der Waals surface area contributed by atoms with Crippen LogP contribution in [0.4, 0.5) is 0 Å². The van der Waals surface area contributed by atoms with Gasteiger partial charge in [0.1, 0.15) is 11.6 Å². The molecule has 2 N–H and O–H groups in total. The van der Waals surface area contributed by atoms with Crippen molar-refractivity contribution in [1.82, 2.24) is 29.8 Å². The van der Waals surface area contributed by atoms with E-state index in [4.69, 9.17) is 15.0 Å². The lowest BCUT2D eigenvalue weighted by Gasteiger charge is -2.34. The summed E-state index contributed by atoms with van der Waals surface area (Å²) in [7, 11) is 0. The van der Waals surface area contributed by atoms with E-state index in [0.29, 0.717) is 0 Å². The lowest BCUT2D eigenvalue weighted by Crippen LogP contribution is -2.31. The van der Waals surface area contributed by atoms with Gasteiger partial charge in [-0.2, -0.15) is 0 Å². The number of hydrogen-bond donors (Lipinski definition) is 2. The normalized spacial score (nSPS) is 15.0. The van der Waals surface area contributed by atoms with Crippen molar-refractivity contribution < 1.29 is 0 Å². The number of halogens is 1. The molecule has 0 amide bonds. The fourth-order valence-electron chi connectivity index (χ4n) is 5.58. The van der Waals surface area contributed by atoms with Crippen molar-refractivity contribution >= 4 is 39.0 Å². The zero-order valence-corrected chi connectivity index (χ0v) is 22.7. The maximum atomic E-state index is 4.89. The number of pyridine rings is 1. The van der Waals surface area contributed by atoms with Crippen LogP contribution in [-0.2, 0) is 19.5 Å². The summed E-state index contributed by atoms with van der Waals surface area (Å²) < 4.78 is 0. The van der Waals surface area contributed by atoms with E-state index in [1.54, 1.807) is 0 Å². The molecule has 3 aromatic carbocycles. The highest BCUT2D eigenvalue weighted by atomic mass is 79.9. The molecule has 0 aliphatic heterocycles. The number of fused-ring (bicyclic) bond motifs is 3. The Labute approximate surface area is 231 Å². The summed E-state index contributed by atoms with van der Waals surface area (Å²) in [5, 5.41) is 0. The predicted octanol–water partition coefficient (Wildman–Crippen LogP) is 7.16. The summed E-state index contributed by atoms with van der Waals surface area (Å²) in [4.78, 5) is 24.0. The van der Waals surface area contributed by atoms with E-state index in [0.717, 1.165) is 65.2 Å². The molecule has 0 fully saturated rings. The maximum absolute atomic E-state index is 4.89. The van der Waals surface area contributed by atoms with Crippen molar-refractivity contribution in [2.75, 3.05) is 0 Å². The second-order valence-corrected chi connectivity index (χ2v) is 9.86. The highest BCUT2D eigenvalue weighted by Gasteiger charge is 2.28. The molecule has 3 heterocycles. The Kier molecular flexibility index (Phi) is 6.79. The van der Waals surface area contributed by atoms with Crippen LogP contribution in [0, 0.1) is 0 Å². The van der Waals surface area contributed by atoms with Gasteiger partial charge in [-0.15, -0.1) is 17.0 Å². The van der Waals surface area contributed by atoms with Gasteiger partial charge in [-0.3, -0.25) is 9.88 Å². The van der Waals surface area contributed by atoms with Crippen LogP contribution in [0.5, 0.6) is 0 Å². The molecule has 1 aliphatic rings. The van der Waals surface area contributed by atoms with E-state index >= 15 is 0 Å². The first kappa shape index (κ1) is 24.5. The minimum Gasteiger partial charge on any atom is -0.341 e. The van der Waals surface area contributed by atoms with E-state index in [9.17, 15) is 0 Å². The summed E-state index contributed by atoms with van der Waals surface area (Å²) in [6.45, 7) is 1.55. The maximum Gasteiger partial charge on any atom is 0.138 e. The van der Waals surface area contributed by atoms with Gasteiger partial charge in [0.2, 0.25) is 0 Å². The summed E-state index contributed by atoms with van der Waals surface area (Å²) in [5.41, 5.74) is 9.07. The van der Waals surface area contributed by atoms with Crippen LogP contribution in [0.25, 0.3) is 33.5 Å². The molecular formula is C31H29BrN6. The van der Waals surface area contributed by atoms with Crippen LogP contribution < -0.4 is 0 Å². The Bertz CT molecular complexity index is 1620. The van der Waals surface area contributed by atoms with Crippen molar-refractivity contribution in [2.24, 2.45) is 0 Å². The van der Waals surface area contributed by atoms with Crippen LogP contribution in [-0.4, -0.2) is 29.8 Å². The molecule has 190 valence electrons. The molecule has 38 heavy (non-hydrogen) atoms. The monoisotopic (exact) mass is 564 g/mol. The van der Waals surface area contributed by atoms with Crippen molar-refractivity contribution in [1.29, 1.82) is 0 Å². The first-order valence-corrected chi connectivity index (χ1v) is 13.0. The molecule has 3 aromatic heterocycles.